The molecule has 0 amide bonds. The molecule has 9 heteroatoms. The molecule has 0 radical (unpaired) electrons. The maximum atomic E-state index is 13.7. The predicted octanol–water partition coefficient (Wildman–Crippen LogP) is 3.71. The second kappa shape index (κ2) is 8.40. The van der Waals surface area contributed by atoms with E-state index in [-0.39, 0.29) is 17.8 Å². The van der Waals surface area contributed by atoms with Gasteiger partial charge in [0.1, 0.15) is 11.6 Å². The number of anilines is 1. The summed E-state index contributed by atoms with van der Waals surface area (Å²) in [5.74, 6) is -0.751. The van der Waals surface area contributed by atoms with Crippen molar-refractivity contribution in [2.75, 3.05) is 5.73 Å². The molecule has 1 saturated carbocycles. The number of hydrogen-bond acceptors (Lipinski definition) is 6. The molecule has 1 fully saturated rings. The van der Waals surface area contributed by atoms with Crippen molar-refractivity contribution in [3.05, 3.63) is 53.7 Å². The number of carboxylic acid groups (broad SMARTS) is 1. The third kappa shape index (κ3) is 4.00. The molecule has 3 aromatic heterocycles. The second-order valence-corrected chi connectivity index (χ2v) is 8.69. The fourth-order valence-electron chi connectivity index (χ4n) is 4.56. The van der Waals surface area contributed by atoms with Gasteiger partial charge in [0.25, 0.3) is 0 Å². The number of halogens is 1. The highest BCUT2D eigenvalue weighted by Crippen LogP contribution is 2.29. The Kier molecular flexibility index (Phi) is 5.41. The maximum absolute atomic E-state index is 13.7. The number of benzene rings is 1. The first-order chi connectivity index (χ1) is 15.9. The highest BCUT2D eigenvalue weighted by molar-refractivity contribution is 5.87. The van der Waals surface area contributed by atoms with Crippen molar-refractivity contribution in [1.29, 1.82) is 0 Å². The maximum Gasteiger partial charge on any atom is 0.306 e. The van der Waals surface area contributed by atoms with Gasteiger partial charge in [0, 0.05) is 40.9 Å². The van der Waals surface area contributed by atoms with Crippen molar-refractivity contribution in [2.45, 2.75) is 45.2 Å². The Balaban J connectivity index is 1.44. The van der Waals surface area contributed by atoms with Crippen molar-refractivity contribution in [3.63, 3.8) is 0 Å². The van der Waals surface area contributed by atoms with Crippen molar-refractivity contribution in [2.24, 2.45) is 5.92 Å². The van der Waals surface area contributed by atoms with Crippen LogP contribution in [0.2, 0.25) is 0 Å². The van der Waals surface area contributed by atoms with Crippen LogP contribution in [-0.2, 0) is 11.3 Å². The molecule has 170 valence electrons. The molecule has 5 rings (SSSR count). The predicted molar refractivity (Wildman–Crippen MR) is 123 cm³/mol. The summed E-state index contributed by atoms with van der Waals surface area (Å²) in [6.07, 6.45) is 6.44. The van der Waals surface area contributed by atoms with Gasteiger partial charge in [-0.3, -0.25) is 9.78 Å². The van der Waals surface area contributed by atoms with E-state index in [1.54, 1.807) is 23.0 Å². The summed E-state index contributed by atoms with van der Waals surface area (Å²) in [6, 6.07) is 6.63. The minimum absolute atomic E-state index is 0.242. The first-order valence-electron chi connectivity index (χ1n) is 11.1. The molecule has 4 aromatic rings. The minimum atomic E-state index is -0.705. The highest BCUT2D eigenvalue weighted by atomic mass is 19.1. The van der Waals surface area contributed by atoms with E-state index in [0.717, 1.165) is 35.2 Å². The zero-order chi connectivity index (χ0) is 23.1. The van der Waals surface area contributed by atoms with Crippen LogP contribution >= 0.6 is 0 Å². The molecule has 1 aliphatic rings. The Morgan fingerprint density at radius 1 is 1.24 bits per heavy atom. The summed E-state index contributed by atoms with van der Waals surface area (Å²) in [6.45, 7) is 2.45. The summed E-state index contributed by atoms with van der Waals surface area (Å²) in [5, 5.41) is 17.8. The van der Waals surface area contributed by atoms with Crippen LogP contribution in [0.15, 0.2) is 36.7 Å². The molecule has 0 bridgehead atoms. The van der Waals surface area contributed by atoms with Gasteiger partial charge in [-0.1, -0.05) is 0 Å². The van der Waals surface area contributed by atoms with Crippen molar-refractivity contribution >= 4 is 28.3 Å². The van der Waals surface area contributed by atoms with Gasteiger partial charge in [0.05, 0.1) is 23.3 Å². The third-order valence-corrected chi connectivity index (χ3v) is 6.62. The number of aliphatic carboxylic acids is 1. The largest absolute Gasteiger partial charge is 0.481 e. The van der Waals surface area contributed by atoms with Crippen LogP contribution < -0.4 is 11.1 Å². The molecular formula is C24H25FN6O2. The normalized spacial score (nSPS) is 18.7. The number of fused-ring (bicyclic) bond motifs is 2. The number of pyridine rings is 1. The number of nitrogens with one attached hydrogen (secondary N) is 1. The van der Waals surface area contributed by atoms with Crippen molar-refractivity contribution < 1.29 is 14.3 Å². The minimum Gasteiger partial charge on any atom is -0.481 e. The van der Waals surface area contributed by atoms with Gasteiger partial charge in [-0.2, -0.15) is 9.61 Å². The molecule has 4 N–H and O–H groups in total. The SMILES string of the molecule is Cc1c(CNC2CCC(C(=O)O)CC2)nc2c(-c3cnc4ccc(F)cc4c3)cnn2c1N. The van der Waals surface area contributed by atoms with Gasteiger partial charge in [0.15, 0.2) is 5.65 Å². The van der Waals surface area contributed by atoms with Crippen LogP contribution in [0, 0.1) is 18.7 Å². The van der Waals surface area contributed by atoms with E-state index in [2.05, 4.69) is 15.4 Å². The molecular weight excluding hydrogens is 423 g/mol. The van der Waals surface area contributed by atoms with Crippen LogP contribution in [0.4, 0.5) is 10.2 Å². The summed E-state index contributed by atoms with van der Waals surface area (Å²) in [5.41, 5.74) is 10.9. The standard InChI is InChI=1S/C24H25FN6O2/c1-13-21(12-27-18-5-2-14(3-6-18)24(32)33)30-23-19(11-29-31(23)22(13)26)16-8-15-9-17(25)4-7-20(15)28-10-16/h4,7-11,14,18,27H,2-3,5-6,12,26H2,1H3,(H,32,33). The Labute approximate surface area is 189 Å². The van der Waals surface area contributed by atoms with Gasteiger partial charge in [-0.05, 0) is 56.9 Å². The molecule has 1 aromatic carbocycles. The first kappa shape index (κ1) is 21.3. The van der Waals surface area contributed by atoms with Gasteiger partial charge in [0.2, 0.25) is 0 Å². The Morgan fingerprint density at radius 2 is 2.03 bits per heavy atom. The summed E-state index contributed by atoms with van der Waals surface area (Å²) in [7, 11) is 0. The lowest BCUT2D eigenvalue weighted by molar-refractivity contribution is -0.142. The van der Waals surface area contributed by atoms with Gasteiger partial charge < -0.3 is 16.2 Å². The third-order valence-electron chi connectivity index (χ3n) is 6.62. The topological polar surface area (TPSA) is 118 Å². The number of carboxylic acids is 1. The molecule has 0 spiro atoms. The zero-order valence-corrected chi connectivity index (χ0v) is 18.3. The average molecular weight is 449 g/mol. The van der Waals surface area contributed by atoms with E-state index in [0.29, 0.717) is 41.8 Å². The number of aromatic nitrogens is 4. The van der Waals surface area contributed by atoms with E-state index in [4.69, 9.17) is 10.7 Å². The van der Waals surface area contributed by atoms with E-state index in [1.165, 1.54) is 12.1 Å². The highest BCUT2D eigenvalue weighted by Gasteiger charge is 2.26. The zero-order valence-electron chi connectivity index (χ0n) is 18.3. The Morgan fingerprint density at radius 3 is 2.79 bits per heavy atom. The lowest BCUT2D eigenvalue weighted by Crippen LogP contribution is -2.35. The number of nitrogens with two attached hydrogens (primary N) is 1. The molecule has 1 aliphatic carbocycles. The van der Waals surface area contributed by atoms with Crippen LogP contribution in [-0.4, -0.2) is 36.7 Å². The molecule has 0 atom stereocenters. The number of nitrogen functional groups attached to an aromatic ring is 1. The van der Waals surface area contributed by atoms with E-state index >= 15 is 0 Å². The number of nitrogens with zero attached hydrogens (tertiary/aromatic N) is 4. The summed E-state index contributed by atoms with van der Waals surface area (Å²) in [4.78, 5) is 20.5. The quantitative estimate of drug-likeness (QED) is 0.426. The van der Waals surface area contributed by atoms with Crippen LogP contribution in [0.5, 0.6) is 0 Å². The van der Waals surface area contributed by atoms with E-state index in [9.17, 15) is 14.3 Å². The van der Waals surface area contributed by atoms with Gasteiger partial charge >= 0.3 is 5.97 Å². The van der Waals surface area contributed by atoms with Gasteiger partial charge in [-0.25, -0.2) is 9.37 Å². The summed E-state index contributed by atoms with van der Waals surface area (Å²) >= 11 is 0. The number of carbonyl (C=O) groups is 1. The van der Waals surface area contributed by atoms with Crippen LogP contribution in [0.25, 0.3) is 27.7 Å². The smallest absolute Gasteiger partial charge is 0.306 e. The van der Waals surface area contributed by atoms with Gasteiger partial charge in [-0.15, -0.1) is 0 Å². The molecule has 0 saturated heterocycles. The first-order valence-corrected chi connectivity index (χ1v) is 11.1. The lowest BCUT2D eigenvalue weighted by Gasteiger charge is -2.27. The molecule has 33 heavy (non-hydrogen) atoms. The van der Waals surface area contributed by atoms with Crippen LogP contribution in [0.1, 0.15) is 36.9 Å². The molecule has 3 heterocycles. The van der Waals surface area contributed by atoms with E-state index < -0.39 is 5.97 Å². The monoisotopic (exact) mass is 448 g/mol. The molecule has 0 unspecified atom stereocenters. The number of rotatable bonds is 5. The second-order valence-electron chi connectivity index (χ2n) is 8.69. The fraction of sp³-hybridized carbons (Fsp3) is 0.333. The Hall–Kier alpha value is -3.59. The Bertz CT molecular complexity index is 1360. The summed E-state index contributed by atoms with van der Waals surface area (Å²) < 4.78 is 15.3. The fourth-order valence-corrected chi connectivity index (χ4v) is 4.56. The van der Waals surface area contributed by atoms with Crippen molar-refractivity contribution in [3.8, 4) is 11.1 Å². The molecule has 0 aliphatic heterocycles. The van der Waals surface area contributed by atoms with E-state index in [1.807, 2.05) is 13.0 Å². The molecule has 8 nitrogen and oxygen atoms in total. The number of hydrogen-bond donors (Lipinski definition) is 3. The van der Waals surface area contributed by atoms with Crippen molar-refractivity contribution in [1.82, 2.24) is 24.9 Å². The average Bonchev–Trinajstić information content (AvgIpc) is 3.24. The lowest BCUT2D eigenvalue weighted by atomic mass is 9.86. The van der Waals surface area contributed by atoms with Crippen LogP contribution in [0.3, 0.4) is 0 Å².